The number of rotatable bonds is 3. The highest BCUT2D eigenvalue weighted by atomic mass is 32.2. The molecule has 1 saturated heterocycles. The Balaban J connectivity index is 2.35. The first-order valence-electron chi connectivity index (χ1n) is 5.42. The Morgan fingerprint density at radius 1 is 1.47 bits per heavy atom. The number of sulfone groups is 1. The Morgan fingerprint density at radius 2 is 2.16 bits per heavy atom. The van der Waals surface area contributed by atoms with E-state index in [0.29, 0.717) is 0 Å². The molecule has 2 heterocycles. The summed E-state index contributed by atoms with van der Waals surface area (Å²) in [5.74, 6) is -1.38. The number of hydrogen-bond acceptors (Lipinski definition) is 6. The molecule has 0 spiro atoms. The van der Waals surface area contributed by atoms with Crippen molar-refractivity contribution in [2.24, 2.45) is 0 Å². The topological polar surface area (TPSA) is 85.1 Å². The smallest absolute Gasteiger partial charge is 0.338 e. The maximum atomic E-state index is 13.2. The molecule has 1 aliphatic rings. The number of halogens is 3. The summed E-state index contributed by atoms with van der Waals surface area (Å²) in [6, 6.07) is 0. The fourth-order valence-electron chi connectivity index (χ4n) is 1.98. The van der Waals surface area contributed by atoms with Crippen LogP contribution in [0.15, 0.2) is 4.52 Å². The minimum Gasteiger partial charge on any atom is -0.338 e. The van der Waals surface area contributed by atoms with Crippen LogP contribution in [0.3, 0.4) is 0 Å². The highest BCUT2D eigenvalue weighted by molar-refractivity contribution is 7.89. The molecule has 0 aromatic carbocycles. The zero-order chi connectivity index (χ0) is 14.3. The average molecular weight is 299 g/mol. The molecule has 108 valence electrons. The standard InChI is InChI=1S/C9H12F3N3O3S/c1-19(16,17)4-6-14-7(18-15-6)8(9(10,11)12)2-3-13-5-8/h13H,2-5H2,1H3. The average Bonchev–Trinajstić information content (AvgIpc) is 2.80. The summed E-state index contributed by atoms with van der Waals surface area (Å²) >= 11 is 0. The van der Waals surface area contributed by atoms with E-state index in [1.807, 2.05) is 0 Å². The van der Waals surface area contributed by atoms with Gasteiger partial charge in [-0.1, -0.05) is 5.16 Å². The monoisotopic (exact) mass is 299 g/mol. The van der Waals surface area contributed by atoms with Crippen LogP contribution in [0, 0.1) is 0 Å². The molecule has 0 radical (unpaired) electrons. The van der Waals surface area contributed by atoms with Gasteiger partial charge in [0.05, 0.1) is 0 Å². The third-order valence-corrected chi connectivity index (χ3v) is 3.75. The second kappa shape index (κ2) is 4.44. The lowest BCUT2D eigenvalue weighted by molar-refractivity contribution is -0.191. The zero-order valence-electron chi connectivity index (χ0n) is 9.99. The number of nitrogens with zero attached hydrogens (tertiary/aromatic N) is 2. The van der Waals surface area contributed by atoms with Crippen molar-refractivity contribution >= 4 is 9.84 Å². The van der Waals surface area contributed by atoms with Gasteiger partial charge in [-0.15, -0.1) is 0 Å². The molecule has 1 unspecified atom stereocenters. The molecular weight excluding hydrogens is 287 g/mol. The summed E-state index contributed by atoms with van der Waals surface area (Å²) in [5, 5.41) is 5.92. The Kier molecular flexibility index (Phi) is 3.33. The largest absolute Gasteiger partial charge is 0.404 e. The van der Waals surface area contributed by atoms with Gasteiger partial charge < -0.3 is 9.84 Å². The first kappa shape index (κ1) is 14.3. The minimum atomic E-state index is -4.54. The quantitative estimate of drug-likeness (QED) is 0.870. The molecule has 1 aromatic rings. The van der Waals surface area contributed by atoms with E-state index in [9.17, 15) is 21.6 Å². The van der Waals surface area contributed by atoms with Crippen LogP contribution in [0.25, 0.3) is 0 Å². The molecule has 0 bridgehead atoms. The maximum Gasteiger partial charge on any atom is 0.404 e. The summed E-state index contributed by atoms with van der Waals surface area (Å²) in [4.78, 5) is 3.60. The molecule has 0 saturated carbocycles. The fraction of sp³-hybridized carbons (Fsp3) is 0.778. The predicted octanol–water partition coefficient (Wildman–Crippen LogP) is 0.408. The van der Waals surface area contributed by atoms with Crippen molar-refractivity contribution in [3.05, 3.63) is 11.7 Å². The third-order valence-electron chi connectivity index (χ3n) is 2.97. The number of nitrogens with one attached hydrogen (secondary N) is 1. The van der Waals surface area contributed by atoms with Crippen LogP contribution in [0.1, 0.15) is 18.1 Å². The molecule has 19 heavy (non-hydrogen) atoms. The second-order valence-corrected chi connectivity index (χ2v) is 6.73. The van der Waals surface area contributed by atoms with E-state index in [-0.39, 0.29) is 25.3 Å². The van der Waals surface area contributed by atoms with Gasteiger partial charge in [0.1, 0.15) is 5.75 Å². The van der Waals surface area contributed by atoms with Crippen LogP contribution in [0.2, 0.25) is 0 Å². The van der Waals surface area contributed by atoms with E-state index in [4.69, 9.17) is 0 Å². The molecular formula is C9H12F3N3O3S. The summed E-state index contributed by atoms with van der Waals surface area (Å²) in [6.07, 6.45) is -3.80. The summed E-state index contributed by atoms with van der Waals surface area (Å²) < 4.78 is 66.2. The molecule has 1 aliphatic heterocycles. The number of hydrogen-bond donors (Lipinski definition) is 1. The summed E-state index contributed by atoms with van der Waals surface area (Å²) in [5.41, 5.74) is -2.23. The van der Waals surface area contributed by atoms with Crippen LogP contribution < -0.4 is 5.32 Å². The van der Waals surface area contributed by atoms with E-state index >= 15 is 0 Å². The predicted molar refractivity (Wildman–Crippen MR) is 58.1 cm³/mol. The molecule has 6 nitrogen and oxygen atoms in total. The SMILES string of the molecule is CS(=O)(=O)Cc1noc(C2(C(F)(F)F)CCNC2)n1. The van der Waals surface area contributed by atoms with E-state index in [1.54, 1.807) is 0 Å². The molecule has 1 N–H and O–H groups in total. The van der Waals surface area contributed by atoms with Gasteiger partial charge in [-0.05, 0) is 13.0 Å². The van der Waals surface area contributed by atoms with Crippen molar-refractivity contribution < 1.29 is 26.1 Å². The first-order valence-corrected chi connectivity index (χ1v) is 7.48. The Bertz CT molecular complexity index is 561. The maximum absolute atomic E-state index is 13.2. The first-order chi connectivity index (χ1) is 8.64. The van der Waals surface area contributed by atoms with E-state index in [2.05, 4.69) is 20.0 Å². The van der Waals surface area contributed by atoms with E-state index in [1.165, 1.54) is 0 Å². The van der Waals surface area contributed by atoms with Gasteiger partial charge in [0.2, 0.25) is 5.89 Å². The summed E-state index contributed by atoms with van der Waals surface area (Å²) in [7, 11) is -3.42. The second-order valence-electron chi connectivity index (χ2n) is 4.59. The van der Waals surface area contributed by atoms with Gasteiger partial charge in [-0.2, -0.15) is 18.2 Å². The molecule has 10 heteroatoms. The van der Waals surface area contributed by atoms with Crippen molar-refractivity contribution in [1.29, 1.82) is 0 Å². The van der Waals surface area contributed by atoms with Crippen LogP contribution in [0.5, 0.6) is 0 Å². The number of aromatic nitrogens is 2. The van der Waals surface area contributed by atoms with Gasteiger partial charge in [0.25, 0.3) is 0 Å². The van der Waals surface area contributed by atoms with Gasteiger partial charge >= 0.3 is 6.18 Å². The fourth-order valence-corrected chi connectivity index (χ4v) is 2.57. The van der Waals surface area contributed by atoms with Crippen LogP contribution in [-0.4, -0.2) is 44.1 Å². The molecule has 0 aliphatic carbocycles. The third kappa shape index (κ3) is 2.73. The van der Waals surface area contributed by atoms with Crippen molar-refractivity contribution in [2.75, 3.05) is 19.3 Å². The van der Waals surface area contributed by atoms with Crippen molar-refractivity contribution in [1.82, 2.24) is 15.5 Å². The zero-order valence-corrected chi connectivity index (χ0v) is 10.8. The van der Waals surface area contributed by atoms with Crippen molar-refractivity contribution in [3.8, 4) is 0 Å². The Hall–Kier alpha value is -1.16. The minimum absolute atomic E-state index is 0.184. The lowest BCUT2D eigenvalue weighted by Gasteiger charge is -2.26. The van der Waals surface area contributed by atoms with Crippen molar-refractivity contribution in [2.45, 2.75) is 23.8 Å². The van der Waals surface area contributed by atoms with Crippen LogP contribution in [-0.2, 0) is 21.0 Å². The lowest BCUT2D eigenvalue weighted by atomic mass is 9.86. The summed E-state index contributed by atoms with van der Waals surface area (Å²) in [6.45, 7) is -0.166. The molecule has 0 amide bonds. The van der Waals surface area contributed by atoms with E-state index in [0.717, 1.165) is 6.26 Å². The highest BCUT2D eigenvalue weighted by Gasteiger charge is 2.61. The molecule has 1 fully saturated rings. The van der Waals surface area contributed by atoms with Gasteiger partial charge in [0, 0.05) is 12.8 Å². The van der Waals surface area contributed by atoms with Crippen molar-refractivity contribution in [3.63, 3.8) is 0 Å². The van der Waals surface area contributed by atoms with Crippen LogP contribution >= 0.6 is 0 Å². The normalized spacial score (nSPS) is 24.8. The Labute approximate surface area is 107 Å². The molecule has 2 rings (SSSR count). The highest BCUT2D eigenvalue weighted by Crippen LogP contribution is 2.44. The molecule has 1 atom stereocenters. The number of alkyl halides is 3. The van der Waals surface area contributed by atoms with E-state index < -0.39 is 33.1 Å². The van der Waals surface area contributed by atoms with Gasteiger partial charge in [0.15, 0.2) is 21.1 Å². The van der Waals surface area contributed by atoms with Gasteiger partial charge in [-0.25, -0.2) is 8.42 Å². The lowest BCUT2D eigenvalue weighted by Crippen LogP contribution is -2.44. The Morgan fingerprint density at radius 3 is 2.63 bits per heavy atom. The van der Waals surface area contributed by atoms with Crippen LogP contribution in [0.4, 0.5) is 13.2 Å². The molecule has 1 aromatic heterocycles. The van der Waals surface area contributed by atoms with Gasteiger partial charge in [-0.3, -0.25) is 0 Å².